The minimum Gasteiger partial charge on any atom is -0.452 e. The van der Waals surface area contributed by atoms with Gasteiger partial charge >= 0.3 is 0 Å². The molecule has 118 valence electrons. The maximum atomic E-state index is 12.4. The van der Waals surface area contributed by atoms with Crippen molar-refractivity contribution in [2.75, 3.05) is 0 Å². The third-order valence-electron chi connectivity index (χ3n) is 4.08. The van der Waals surface area contributed by atoms with Crippen LogP contribution in [0.25, 0.3) is 17.0 Å². The molecule has 1 N–H and O–H groups in total. The number of fused-ring (bicyclic) bond motifs is 2. The lowest BCUT2D eigenvalue weighted by atomic mass is 10.1. The molecule has 24 heavy (non-hydrogen) atoms. The number of nitrogens with zero attached hydrogens (tertiary/aromatic N) is 1. The number of carbonyl (C=O) groups excluding carboxylic acids is 1. The molecule has 1 aromatic heterocycles. The third kappa shape index (κ3) is 2.08. The van der Waals surface area contributed by atoms with Crippen LogP contribution < -0.4 is 4.74 Å². The first-order chi connectivity index (χ1) is 11.5. The molecule has 4 rings (SSSR count). The molecule has 2 heterocycles. The minimum atomic E-state index is -0.439. The van der Waals surface area contributed by atoms with Crippen LogP contribution in [0.5, 0.6) is 5.75 Å². The number of Topliss-reactive ketones (excluding diaryl/α,β-unsaturated/α-hetero) is 1. The van der Waals surface area contributed by atoms with E-state index in [1.165, 1.54) is 12.1 Å². The number of benzene rings is 2. The number of nitrogens with one attached hydrogen (secondary N) is 1. The first kappa shape index (κ1) is 14.2. The summed E-state index contributed by atoms with van der Waals surface area (Å²) in [5.74, 6) is 0.550. The topological polar surface area (TPSA) is 85.2 Å². The highest BCUT2D eigenvalue weighted by Crippen LogP contribution is 2.34. The molecule has 6 nitrogen and oxygen atoms in total. The van der Waals surface area contributed by atoms with E-state index in [4.69, 9.17) is 4.74 Å². The molecule has 0 saturated heterocycles. The largest absolute Gasteiger partial charge is 0.452 e. The Hall–Kier alpha value is -3.41. The second kappa shape index (κ2) is 5.06. The number of hydrogen-bond acceptors (Lipinski definition) is 4. The fourth-order valence-electron chi connectivity index (χ4n) is 2.90. The van der Waals surface area contributed by atoms with Crippen LogP contribution in [0, 0.1) is 17.0 Å². The Morgan fingerprint density at radius 1 is 1.21 bits per heavy atom. The van der Waals surface area contributed by atoms with E-state index in [1.807, 2.05) is 6.92 Å². The summed E-state index contributed by atoms with van der Waals surface area (Å²) < 4.78 is 5.64. The molecule has 6 heteroatoms. The average Bonchev–Trinajstić information content (AvgIpc) is 3.05. The van der Waals surface area contributed by atoms with E-state index in [0.717, 1.165) is 11.2 Å². The van der Waals surface area contributed by atoms with Gasteiger partial charge in [-0.1, -0.05) is 12.1 Å². The van der Waals surface area contributed by atoms with Crippen molar-refractivity contribution in [2.24, 2.45) is 0 Å². The monoisotopic (exact) mass is 320 g/mol. The van der Waals surface area contributed by atoms with Gasteiger partial charge in [-0.2, -0.15) is 0 Å². The summed E-state index contributed by atoms with van der Waals surface area (Å²) in [7, 11) is 0. The number of aromatic nitrogens is 1. The smallest absolute Gasteiger partial charge is 0.270 e. The number of rotatable bonds is 2. The van der Waals surface area contributed by atoms with Gasteiger partial charge in [-0.25, -0.2) is 0 Å². The molecule has 0 spiro atoms. The van der Waals surface area contributed by atoms with E-state index in [9.17, 15) is 14.9 Å². The van der Waals surface area contributed by atoms with Crippen LogP contribution in [-0.2, 0) is 0 Å². The highest BCUT2D eigenvalue weighted by atomic mass is 16.6. The fraction of sp³-hybridized carbons (Fsp3) is 0.0556. The maximum absolute atomic E-state index is 12.4. The molecule has 2 aromatic carbocycles. The second-order valence-corrected chi connectivity index (χ2v) is 5.59. The third-order valence-corrected chi connectivity index (χ3v) is 4.08. The first-order valence-corrected chi connectivity index (χ1v) is 7.34. The van der Waals surface area contributed by atoms with Crippen molar-refractivity contribution >= 4 is 28.4 Å². The van der Waals surface area contributed by atoms with Crippen LogP contribution in [0.2, 0.25) is 0 Å². The Morgan fingerprint density at radius 2 is 2.00 bits per heavy atom. The molecular formula is C18H12N2O4. The van der Waals surface area contributed by atoms with Gasteiger partial charge in [0, 0.05) is 34.3 Å². The second-order valence-electron chi connectivity index (χ2n) is 5.59. The van der Waals surface area contributed by atoms with Crippen LogP contribution >= 0.6 is 0 Å². The predicted octanol–water partition coefficient (Wildman–Crippen LogP) is 4.00. The summed E-state index contributed by atoms with van der Waals surface area (Å²) in [5.41, 5.74) is 2.82. The van der Waals surface area contributed by atoms with Crippen LogP contribution in [0.4, 0.5) is 5.69 Å². The standard InChI is InChI=1S/C18H12N2O4/c1-10-13(14-8-11(20(22)23)6-7-15(14)19-10)9-17-18(21)12-4-2-3-5-16(12)24-17/h2-9,19H,1H3. The first-order valence-electron chi connectivity index (χ1n) is 7.34. The van der Waals surface area contributed by atoms with Crippen LogP contribution in [0.1, 0.15) is 21.6 Å². The van der Waals surface area contributed by atoms with Gasteiger partial charge in [0.05, 0.1) is 10.5 Å². The molecule has 0 fully saturated rings. The summed E-state index contributed by atoms with van der Waals surface area (Å²) in [5, 5.41) is 11.7. The SMILES string of the molecule is Cc1[nH]c2ccc([N+](=O)[O-])cc2c1C=C1Oc2ccccc2C1=O. The Labute approximate surface area is 136 Å². The van der Waals surface area contributed by atoms with Crippen molar-refractivity contribution in [2.45, 2.75) is 6.92 Å². The lowest BCUT2D eigenvalue weighted by molar-refractivity contribution is -0.384. The fourth-order valence-corrected chi connectivity index (χ4v) is 2.90. The Balaban J connectivity index is 1.86. The minimum absolute atomic E-state index is 0.00287. The Morgan fingerprint density at radius 3 is 2.75 bits per heavy atom. The summed E-state index contributed by atoms with van der Waals surface area (Å²) in [6.07, 6.45) is 1.64. The van der Waals surface area contributed by atoms with Gasteiger partial charge in [-0.15, -0.1) is 0 Å². The quantitative estimate of drug-likeness (QED) is 0.439. The molecule has 0 atom stereocenters. The number of nitro benzene ring substituents is 1. The molecule has 0 saturated carbocycles. The molecule has 1 aliphatic rings. The van der Waals surface area contributed by atoms with Crippen molar-refractivity contribution < 1.29 is 14.5 Å². The van der Waals surface area contributed by atoms with E-state index in [2.05, 4.69) is 4.98 Å². The number of para-hydroxylation sites is 1. The molecule has 0 aliphatic carbocycles. The number of aromatic amines is 1. The van der Waals surface area contributed by atoms with Gasteiger partial charge in [-0.05, 0) is 31.2 Å². The van der Waals surface area contributed by atoms with Gasteiger partial charge in [0.1, 0.15) is 5.75 Å². The lowest BCUT2D eigenvalue weighted by Gasteiger charge is -1.99. The molecule has 3 aromatic rings. The molecule has 0 amide bonds. The molecule has 0 unspecified atom stereocenters. The highest BCUT2D eigenvalue weighted by Gasteiger charge is 2.27. The van der Waals surface area contributed by atoms with E-state index in [1.54, 1.807) is 36.4 Å². The normalized spacial score (nSPS) is 14.9. The lowest BCUT2D eigenvalue weighted by Crippen LogP contribution is -1.98. The highest BCUT2D eigenvalue weighted by molar-refractivity contribution is 6.15. The van der Waals surface area contributed by atoms with Gasteiger partial charge in [0.2, 0.25) is 5.78 Å². The number of ether oxygens (including phenoxy) is 1. The van der Waals surface area contributed by atoms with Crippen LogP contribution in [0.3, 0.4) is 0 Å². The van der Waals surface area contributed by atoms with Gasteiger partial charge < -0.3 is 9.72 Å². The summed E-state index contributed by atoms with van der Waals surface area (Å²) in [6, 6.07) is 11.6. The van der Waals surface area contributed by atoms with Crippen molar-refractivity contribution in [1.82, 2.24) is 4.98 Å². The van der Waals surface area contributed by atoms with Crippen molar-refractivity contribution in [3.8, 4) is 5.75 Å². The number of H-pyrrole nitrogens is 1. The van der Waals surface area contributed by atoms with Gasteiger partial charge in [0.25, 0.3) is 5.69 Å². The Bertz CT molecular complexity index is 1050. The van der Waals surface area contributed by atoms with E-state index in [0.29, 0.717) is 22.3 Å². The number of carbonyl (C=O) groups is 1. The number of aryl methyl sites for hydroxylation is 1. The van der Waals surface area contributed by atoms with Gasteiger partial charge in [0.15, 0.2) is 5.76 Å². The Kier molecular flexibility index (Phi) is 2.99. The maximum Gasteiger partial charge on any atom is 0.270 e. The van der Waals surface area contributed by atoms with E-state index in [-0.39, 0.29) is 17.2 Å². The molecular weight excluding hydrogens is 308 g/mol. The number of nitro groups is 1. The molecule has 0 radical (unpaired) electrons. The molecule has 1 aliphatic heterocycles. The zero-order chi connectivity index (χ0) is 16.8. The summed E-state index contributed by atoms with van der Waals surface area (Å²) in [4.78, 5) is 26.2. The average molecular weight is 320 g/mol. The van der Waals surface area contributed by atoms with Crippen molar-refractivity contribution in [1.29, 1.82) is 0 Å². The predicted molar refractivity (Wildman–Crippen MR) is 89.1 cm³/mol. The number of non-ortho nitro benzene ring substituents is 1. The van der Waals surface area contributed by atoms with Crippen molar-refractivity contribution in [3.05, 3.63) is 75.2 Å². The van der Waals surface area contributed by atoms with Crippen LogP contribution in [-0.4, -0.2) is 15.7 Å². The molecule has 0 bridgehead atoms. The van der Waals surface area contributed by atoms with E-state index < -0.39 is 4.92 Å². The summed E-state index contributed by atoms with van der Waals surface area (Å²) >= 11 is 0. The van der Waals surface area contributed by atoms with Crippen molar-refractivity contribution in [3.63, 3.8) is 0 Å². The number of ketones is 1. The van der Waals surface area contributed by atoms with Crippen LogP contribution in [0.15, 0.2) is 48.2 Å². The zero-order valence-electron chi connectivity index (χ0n) is 12.7. The summed E-state index contributed by atoms with van der Waals surface area (Å²) in [6.45, 7) is 1.85. The van der Waals surface area contributed by atoms with E-state index >= 15 is 0 Å². The van der Waals surface area contributed by atoms with Gasteiger partial charge in [-0.3, -0.25) is 14.9 Å². The number of hydrogen-bond donors (Lipinski definition) is 1. The zero-order valence-corrected chi connectivity index (χ0v) is 12.7. The number of allylic oxidation sites excluding steroid dienone is 1.